The van der Waals surface area contributed by atoms with Gasteiger partial charge < -0.3 is 9.47 Å². The zero-order chi connectivity index (χ0) is 19.6. The van der Waals surface area contributed by atoms with Gasteiger partial charge in [0.2, 0.25) is 0 Å². The molecule has 2 aromatic rings. The van der Waals surface area contributed by atoms with E-state index in [2.05, 4.69) is 24.7 Å². The average molecular weight is 368 g/mol. The summed E-state index contributed by atoms with van der Waals surface area (Å²) >= 11 is 0. The first kappa shape index (κ1) is 20.0. The predicted octanol–water partition coefficient (Wildman–Crippen LogP) is 3.06. The first-order valence-electron chi connectivity index (χ1n) is 8.62. The Balaban J connectivity index is 1.76. The Bertz CT molecular complexity index is 798. The molecule has 2 N–H and O–H groups in total. The molecule has 2 aromatic carbocycles. The average Bonchev–Trinajstić information content (AvgIpc) is 2.69. The van der Waals surface area contributed by atoms with Crippen molar-refractivity contribution < 1.29 is 19.1 Å². The minimum absolute atomic E-state index is 0.197. The Morgan fingerprint density at radius 1 is 1.04 bits per heavy atom. The number of nitrogens with one attached hydrogen (secondary N) is 2. The van der Waals surface area contributed by atoms with E-state index >= 15 is 0 Å². The van der Waals surface area contributed by atoms with Crippen LogP contribution in [0.5, 0.6) is 11.5 Å². The molecule has 6 heteroatoms. The van der Waals surface area contributed by atoms with Crippen molar-refractivity contribution in [3.8, 4) is 11.5 Å². The molecule has 27 heavy (non-hydrogen) atoms. The maximum absolute atomic E-state index is 11.8. The maximum atomic E-state index is 11.8. The van der Waals surface area contributed by atoms with Gasteiger partial charge in [0.05, 0.1) is 7.11 Å². The first-order valence-corrected chi connectivity index (χ1v) is 8.62. The van der Waals surface area contributed by atoms with Crippen molar-refractivity contribution in [1.29, 1.82) is 0 Å². The molecule has 2 amide bonds. The van der Waals surface area contributed by atoms with Gasteiger partial charge in [-0.05, 0) is 35.8 Å². The van der Waals surface area contributed by atoms with E-state index in [0.717, 1.165) is 5.56 Å². The van der Waals surface area contributed by atoms with Crippen molar-refractivity contribution in [3.63, 3.8) is 0 Å². The largest absolute Gasteiger partial charge is 0.496 e. The maximum Gasteiger partial charge on any atom is 0.276 e. The van der Waals surface area contributed by atoms with Crippen LogP contribution < -0.4 is 20.3 Å². The number of ether oxygens (including phenoxy) is 2. The van der Waals surface area contributed by atoms with Crippen LogP contribution in [0.4, 0.5) is 0 Å². The van der Waals surface area contributed by atoms with Gasteiger partial charge in [-0.2, -0.15) is 0 Å². The zero-order valence-electron chi connectivity index (χ0n) is 15.7. The number of rotatable bonds is 7. The number of hydrogen-bond acceptors (Lipinski definition) is 4. The quantitative estimate of drug-likeness (QED) is 0.582. The summed E-state index contributed by atoms with van der Waals surface area (Å²) in [5.41, 5.74) is 6.56. The zero-order valence-corrected chi connectivity index (χ0v) is 15.7. The van der Waals surface area contributed by atoms with Crippen molar-refractivity contribution in [1.82, 2.24) is 10.9 Å². The van der Waals surface area contributed by atoms with Crippen LogP contribution in [0.2, 0.25) is 0 Å². The molecule has 6 nitrogen and oxygen atoms in total. The van der Waals surface area contributed by atoms with Gasteiger partial charge in [-0.15, -0.1) is 0 Å². The normalized spacial score (nSPS) is 10.7. The molecule has 0 saturated carbocycles. The number of benzene rings is 2. The lowest BCUT2D eigenvalue weighted by atomic mass is 10.0. The highest BCUT2D eigenvalue weighted by molar-refractivity contribution is 5.93. The monoisotopic (exact) mass is 368 g/mol. The second-order valence-electron chi connectivity index (χ2n) is 6.13. The fraction of sp³-hybridized carbons (Fsp3) is 0.238. The van der Waals surface area contributed by atoms with Crippen LogP contribution in [-0.2, 0) is 9.59 Å². The van der Waals surface area contributed by atoms with E-state index in [1.807, 2.05) is 42.5 Å². The SMILES string of the molecule is COc1ccccc1C=CC(=O)NNC(=O)COc1ccc(C(C)C)cc1. The van der Waals surface area contributed by atoms with Crippen molar-refractivity contribution >= 4 is 17.9 Å². The first-order chi connectivity index (χ1) is 13.0. The molecule has 0 fully saturated rings. The van der Waals surface area contributed by atoms with Gasteiger partial charge in [-0.3, -0.25) is 20.4 Å². The molecular formula is C21H24N2O4. The molecular weight excluding hydrogens is 344 g/mol. The second-order valence-corrected chi connectivity index (χ2v) is 6.13. The van der Waals surface area contributed by atoms with E-state index in [1.165, 1.54) is 11.6 Å². The van der Waals surface area contributed by atoms with Gasteiger partial charge in [0.25, 0.3) is 11.8 Å². The highest BCUT2D eigenvalue weighted by Crippen LogP contribution is 2.19. The van der Waals surface area contributed by atoms with Crippen LogP contribution in [0.3, 0.4) is 0 Å². The number of amides is 2. The van der Waals surface area contributed by atoms with Crippen molar-refractivity contribution in [2.24, 2.45) is 0 Å². The molecule has 142 valence electrons. The predicted molar refractivity (Wildman–Crippen MR) is 104 cm³/mol. The van der Waals surface area contributed by atoms with Gasteiger partial charge in [0, 0.05) is 11.6 Å². The van der Waals surface area contributed by atoms with E-state index in [1.54, 1.807) is 19.3 Å². The van der Waals surface area contributed by atoms with E-state index in [9.17, 15) is 9.59 Å². The van der Waals surface area contributed by atoms with Gasteiger partial charge in [0.15, 0.2) is 6.61 Å². The number of para-hydroxylation sites is 1. The van der Waals surface area contributed by atoms with Crippen LogP contribution in [0.25, 0.3) is 6.08 Å². The minimum Gasteiger partial charge on any atom is -0.496 e. The summed E-state index contributed by atoms with van der Waals surface area (Å²) in [5, 5.41) is 0. The van der Waals surface area contributed by atoms with Gasteiger partial charge in [-0.25, -0.2) is 0 Å². The van der Waals surface area contributed by atoms with Crippen LogP contribution in [-0.4, -0.2) is 25.5 Å². The molecule has 0 aliphatic rings. The molecule has 2 rings (SSSR count). The highest BCUT2D eigenvalue weighted by Gasteiger charge is 2.05. The molecule has 0 heterocycles. The van der Waals surface area contributed by atoms with Crippen LogP contribution >= 0.6 is 0 Å². The summed E-state index contributed by atoms with van der Waals surface area (Å²) in [6.45, 7) is 4.01. The molecule has 0 aliphatic carbocycles. The second kappa shape index (κ2) is 10.0. The van der Waals surface area contributed by atoms with E-state index < -0.39 is 11.8 Å². The number of carbonyl (C=O) groups is 2. The summed E-state index contributed by atoms with van der Waals surface area (Å²) in [7, 11) is 1.56. The minimum atomic E-state index is -0.462. The van der Waals surface area contributed by atoms with Gasteiger partial charge >= 0.3 is 0 Å². The van der Waals surface area contributed by atoms with Crippen molar-refractivity contribution in [2.45, 2.75) is 19.8 Å². The van der Waals surface area contributed by atoms with Crippen LogP contribution in [0.15, 0.2) is 54.6 Å². The Morgan fingerprint density at radius 3 is 2.41 bits per heavy atom. The van der Waals surface area contributed by atoms with Crippen LogP contribution in [0, 0.1) is 0 Å². The third kappa shape index (κ3) is 6.51. The summed E-state index contributed by atoms with van der Waals surface area (Å²) in [5.74, 6) is 0.762. The Labute approximate surface area is 159 Å². The smallest absolute Gasteiger partial charge is 0.276 e. The molecule has 0 aliphatic heterocycles. The number of methoxy groups -OCH3 is 1. The lowest BCUT2D eigenvalue weighted by Gasteiger charge is -2.09. The molecule has 0 atom stereocenters. The standard InChI is InChI=1S/C21H24N2O4/c1-15(2)16-8-11-18(12-9-16)27-14-21(25)23-22-20(24)13-10-17-6-4-5-7-19(17)26-3/h4-13,15H,14H2,1-3H3,(H,22,24)(H,23,25). The third-order valence-electron chi connectivity index (χ3n) is 3.80. The van der Waals surface area contributed by atoms with Crippen molar-refractivity contribution in [3.05, 3.63) is 65.7 Å². The summed E-state index contributed by atoms with van der Waals surface area (Å²) in [4.78, 5) is 23.6. The number of carbonyl (C=O) groups excluding carboxylic acids is 2. The Hall–Kier alpha value is -3.28. The number of hydrazine groups is 1. The molecule has 0 saturated heterocycles. The van der Waals surface area contributed by atoms with E-state index in [0.29, 0.717) is 17.4 Å². The molecule has 0 spiro atoms. The molecule has 0 bridgehead atoms. The Morgan fingerprint density at radius 2 is 1.74 bits per heavy atom. The fourth-order valence-corrected chi connectivity index (χ4v) is 2.28. The summed E-state index contributed by atoms with van der Waals surface area (Å²) < 4.78 is 10.6. The molecule has 0 radical (unpaired) electrons. The lowest BCUT2D eigenvalue weighted by Crippen LogP contribution is -2.43. The van der Waals surface area contributed by atoms with E-state index in [-0.39, 0.29) is 6.61 Å². The summed E-state index contributed by atoms with van der Waals surface area (Å²) in [6, 6.07) is 14.8. The number of hydrogen-bond donors (Lipinski definition) is 2. The summed E-state index contributed by atoms with van der Waals surface area (Å²) in [6.07, 6.45) is 2.91. The van der Waals surface area contributed by atoms with Gasteiger partial charge in [0.1, 0.15) is 11.5 Å². The van der Waals surface area contributed by atoms with Crippen LogP contribution in [0.1, 0.15) is 30.9 Å². The lowest BCUT2D eigenvalue weighted by molar-refractivity contribution is -0.128. The Kier molecular flexibility index (Phi) is 7.43. The van der Waals surface area contributed by atoms with Crippen molar-refractivity contribution in [2.75, 3.05) is 13.7 Å². The molecule has 0 aromatic heterocycles. The topological polar surface area (TPSA) is 76.7 Å². The fourth-order valence-electron chi connectivity index (χ4n) is 2.28. The third-order valence-corrected chi connectivity index (χ3v) is 3.80. The highest BCUT2D eigenvalue weighted by atomic mass is 16.5. The van der Waals surface area contributed by atoms with E-state index in [4.69, 9.17) is 9.47 Å². The molecule has 0 unspecified atom stereocenters. The van der Waals surface area contributed by atoms with Gasteiger partial charge in [-0.1, -0.05) is 44.2 Å².